The van der Waals surface area contributed by atoms with Crippen LogP contribution < -0.4 is 5.32 Å². The van der Waals surface area contributed by atoms with Crippen LogP contribution in [-0.2, 0) is 4.79 Å². The van der Waals surface area contributed by atoms with Crippen LogP contribution in [-0.4, -0.2) is 121 Å². The Kier molecular flexibility index (Phi) is 12.4. The SMILES string of the molecule is CCNC(=NCCCN1CCC(O)CC1)N1CCN(CC(=O)N2CCCCC2)CC1.I. The fraction of sp³-hybridized carbons (Fsp3) is 0.909. The number of hydrogen-bond acceptors (Lipinski definition) is 5. The summed E-state index contributed by atoms with van der Waals surface area (Å²) < 4.78 is 0. The molecule has 3 heterocycles. The molecule has 3 rings (SSSR count). The van der Waals surface area contributed by atoms with E-state index in [0.717, 1.165) is 110 Å². The summed E-state index contributed by atoms with van der Waals surface area (Å²) in [6.07, 6.45) is 6.32. The molecule has 8 nitrogen and oxygen atoms in total. The van der Waals surface area contributed by atoms with Crippen LogP contribution in [0.5, 0.6) is 0 Å². The van der Waals surface area contributed by atoms with E-state index >= 15 is 0 Å². The second-order valence-corrected chi connectivity index (χ2v) is 8.87. The Bertz CT molecular complexity index is 542. The van der Waals surface area contributed by atoms with Crippen LogP contribution in [0, 0.1) is 0 Å². The number of piperazine rings is 1. The third-order valence-electron chi connectivity index (χ3n) is 6.53. The van der Waals surface area contributed by atoms with Gasteiger partial charge in [0.2, 0.25) is 5.91 Å². The van der Waals surface area contributed by atoms with Crippen molar-refractivity contribution in [3.8, 4) is 0 Å². The van der Waals surface area contributed by atoms with E-state index < -0.39 is 0 Å². The minimum absolute atomic E-state index is 0. The minimum atomic E-state index is -0.103. The number of amides is 1. The molecule has 9 heteroatoms. The number of aliphatic hydroxyl groups excluding tert-OH is 1. The Morgan fingerprint density at radius 2 is 1.61 bits per heavy atom. The maximum Gasteiger partial charge on any atom is 0.236 e. The van der Waals surface area contributed by atoms with Crippen molar-refractivity contribution in [1.82, 2.24) is 24.9 Å². The minimum Gasteiger partial charge on any atom is -0.393 e. The normalized spacial score (nSPS) is 22.3. The molecule has 0 bridgehead atoms. The van der Waals surface area contributed by atoms with Crippen LogP contribution in [0.1, 0.15) is 45.4 Å². The number of piperidine rings is 2. The van der Waals surface area contributed by atoms with Gasteiger partial charge in [0.1, 0.15) is 0 Å². The van der Waals surface area contributed by atoms with E-state index in [9.17, 15) is 9.90 Å². The number of hydrogen-bond donors (Lipinski definition) is 2. The van der Waals surface area contributed by atoms with Crippen molar-refractivity contribution in [2.75, 3.05) is 78.5 Å². The van der Waals surface area contributed by atoms with Crippen molar-refractivity contribution < 1.29 is 9.90 Å². The number of carbonyl (C=O) groups is 1. The Hall–Kier alpha value is -0.650. The highest BCUT2D eigenvalue weighted by atomic mass is 127. The van der Waals surface area contributed by atoms with E-state index in [4.69, 9.17) is 4.99 Å². The van der Waals surface area contributed by atoms with Crippen molar-refractivity contribution in [3.63, 3.8) is 0 Å². The molecule has 0 aliphatic carbocycles. The van der Waals surface area contributed by atoms with Gasteiger partial charge in [0.25, 0.3) is 0 Å². The van der Waals surface area contributed by atoms with Gasteiger partial charge >= 0.3 is 0 Å². The summed E-state index contributed by atoms with van der Waals surface area (Å²) >= 11 is 0. The number of nitrogens with zero attached hydrogens (tertiary/aromatic N) is 5. The topological polar surface area (TPSA) is 74.6 Å². The van der Waals surface area contributed by atoms with E-state index in [0.29, 0.717) is 12.5 Å². The first-order valence-corrected chi connectivity index (χ1v) is 12.1. The average Bonchev–Trinajstić information content (AvgIpc) is 2.78. The van der Waals surface area contributed by atoms with Crippen molar-refractivity contribution in [1.29, 1.82) is 0 Å². The van der Waals surface area contributed by atoms with Crippen LogP contribution >= 0.6 is 24.0 Å². The van der Waals surface area contributed by atoms with E-state index in [1.807, 2.05) is 4.90 Å². The Labute approximate surface area is 205 Å². The number of likely N-dealkylation sites (tertiary alicyclic amines) is 2. The quantitative estimate of drug-likeness (QED) is 0.214. The molecule has 0 saturated carbocycles. The third-order valence-corrected chi connectivity index (χ3v) is 6.53. The number of halogens is 1. The summed E-state index contributed by atoms with van der Waals surface area (Å²) in [6.45, 7) is 13.0. The first-order chi connectivity index (χ1) is 14.7. The van der Waals surface area contributed by atoms with Crippen LogP contribution in [0.15, 0.2) is 4.99 Å². The molecule has 1 amide bonds. The molecular weight excluding hydrogens is 507 g/mol. The lowest BCUT2D eigenvalue weighted by molar-refractivity contribution is -0.133. The number of rotatable bonds is 7. The molecule has 0 spiro atoms. The molecular formula is C22H43IN6O2. The molecule has 3 fully saturated rings. The molecule has 3 saturated heterocycles. The van der Waals surface area contributed by atoms with Crippen LogP contribution in [0.2, 0.25) is 0 Å². The molecule has 0 aromatic carbocycles. The molecule has 31 heavy (non-hydrogen) atoms. The maximum atomic E-state index is 12.5. The highest BCUT2D eigenvalue weighted by Gasteiger charge is 2.24. The largest absolute Gasteiger partial charge is 0.393 e. The van der Waals surface area contributed by atoms with Crippen molar-refractivity contribution in [2.24, 2.45) is 4.99 Å². The van der Waals surface area contributed by atoms with Gasteiger partial charge < -0.3 is 25.1 Å². The molecule has 0 aromatic heterocycles. The van der Waals surface area contributed by atoms with Gasteiger partial charge in [0, 0.05) is 65.4 Å². The third kappa shape index (κ3) is 9.01. The highest BCUT2D eigenvalue weighted by Crippen LogP contribution is 2.11. The Morgan fingerprint density at radius 1 is 0.935 bits per heavy atom. The molecule has 0 unspecified atom stereocenters. The standard InChI is InChI=1S/C22H42N6O2.HI/c1-2-23-22(24-9-6-10-25-13-7-20(29)8-14-25)28-17-15-26(16-18-28)19-21(30)27-11-4-3-5-12-27;/h20,29H,2-19H2,1H3,(H,23,24);1H. The van der Waals surface area contributed by atoms with Crippen molar-refractivity contribution in [2.45, 2.75) is 51.6 Å². The predicted molar refractivity (Wildman–Crippen MR) is 136 cm³/mol. The predicted octanol–water partition coefficient (Wildman–Crippen LogP) is 1.05. The fourth-order valence-corrected chi connectivity index (χ4v) is 4.60. The summed E-state index contributed by atoms with van der Waals surface area (Å²) in [5.41, 5.74) is 0. The molecule has 3 aliphatic rings. The Morgan fingerprint density at radius 3 is 2.26 bits per heavy atom. The lowest BCUT2D eigenvalue weighted by Gasteiger charge is -2.37. The van der Waals surface area contributed by atoms with Gasteiger partial charge in [-0.3, -0.25) is 14.7 Å². The molecule has 0 aromatic rings. The van der Waals surface area contributed by atoms with E-state index in [1.54, 1.807) is 0 Å². The zero-order chi connectivity index (χ0) is 21.2. The number of guanidine groups is 1. The van der Waals surface area contributed by atoms with Gasteiger partial charge in [0.05, 0.1) is 12.6 Å². The van der Waals surface area contributed by atoms with Crippen LogP contribution in [0.4, 0.5) is 0 Å². The first-order valence-electron chi connectivity index (χ1n) is 12.1. The van der Waals surface area contributed by atoms with Gasteiger partial charge in [-0.25, -0.2) is 0 Å². The van der Waals surface area contributed by atoms with Gasteiger partial charge in [-0.05, 0) is 52.0 Å². The maximum absolute atomic E-state index is 12.5. The highest BCUT2D eigenvalue weighted by molar-refractivity contribution is 14.0. The lowest BCUT2D eigenvalue weighted by Crippen LogP contribution is -2.54. The van der Waals surface area contributed by atoms with Crippen molar-refractivity contribution in [3.05, 3.63) is 0 Å². The van der Waals surface area contributed by atoms with E-state index in [2.05, 4.69) is 26.9 Å². The number of carbonyl (C=O) groups excluding carboxylic acids is 1. The fourth-order valence-electron chi connectivity index (χ4n) is 4.60. The second-order valence-electron chi connectivity index (χ2n) is 8.87. The summed E-state index contributed by atoms with van der Waals surface area (Å²) in [5.74, 6) is 1.31. The first kappa shape index (κ1) is 26.6. The number of nitrogens with one attached hydrogen (secondary N) is 1. The van der Waals surface area contributed by atoms with Crippen LogP contribution in [0.25, 0.3) is 0 Å². The van der Waals surface area contributed by atoms with Gasteiger partial charge in [-0.15, -0.1) is 24.0 Å². The molecule has 3 aliphatic heterocycles. The zero-order valence-electron chi connectivity index (χ0n) is 19.3. The number of aliphatic imine (C=N–C) groups is 1. The molecule has 0 atom stereocenters. The lowest BCUT2D eigenvalue weighted by atomic mass is 10.1. The smallest absolute Gasteiger partial charge is 0.236 e. The summed E-state index contributed by atoms with van der Waals surface area (Å²) in [4.78, 5) is 26.5. The van der Waals surface area contributed by atoms with Crippen molar-refractivity contribution >= 4 is 35.8 Å². The van der Waals surface area contributed by atoms with Gasteiger partial charge in [-0.2, -0.15) is 0 Å². The van der Waals surface area contributed by atoms with E-state index in [-0.39, 0.29) is 30.1 Å². The zero-order valence-corrected chi connectivity index (χ0v) is 21.6. The summed E-state index contributed by atoms with van der Waals surface area (Å²) in [6, 6.07) is 0. The van der Waals surface area contributed by atoms with Gasteiger partial charge in [-0.1, -0.05) is 0 Å². The molecule has 180 valence electrons. The summed E-state index contributed by atoms with van der Waals surface area (Å²) in [7, 11) is 0. The summed E-state index contributed by atoms with van der Waals surface area (Å²) in [5, 5.41) is 13.1. The van der Waals surface area contributed by atoms with E-state index in [1.165, 1.54) is 6.42 Å². The van der Waals surface area contributed by atoms with Gasteiger partial charge in [0.15, 0.2) is 5.96 Å². The monoisotopic (exact) mass is 550 g/mol. The Balaban J connectivity index is 0.00000341. The number of aliphatic hydroxyl groups is 1. The molecule has 2 N–H and O–H groups in total. The molecule has 0 radical (unpaired) electrons. The average molecular weight is 551 g/mol. The second kappa shape index (κ2) is 14.5. The van der Waals surface area contributed by atoms with Crippen LogP contribution in [0.3, 0.4) is 0 Å².